The lowest BCUT2D eigenvalue weighted by atomic mass is 9.81. The summed E-state index contributed by atoms with van der Waals surface area (Å²) in [6, 6.07) is 18.6. The second-order valence-corrected chi connectivity index (χ2v) is 6.31. The minimum Gasteiger partial charge on any atom is -0.497 e. The van der Waals surface area contributed by atoms with Crippen molar-refractivity contribution in [1.82, 2.24) is 4.90 Å². The third-order valence-corrected chi connectivity index (χ3v) is 4.69. The van der Waals surface area contributed by atoms with E-state index in [-0.39, 0.29) is 0 Å². The van der Waals surface area contributed by atoms with Crippen LogP contribution < -0.4 is 9.47 Å². The molecule has 1 fully saturated rings. The average molecular weight is 311 g/mol. The Morgan fingerprint density at radius 2 is 1.74 bits per heavy atom. The number of nitrogens with zero attached hydrogens (tertiary/aromatic N) is 1. The lowest BCUT2D eigenvalue weighted by Crippen LogP contribution is -2.39. The highest BCUT2D eigenvalue weighted by Gasteiger charge is 2.29. The van der Waals surface area contributed by atoms with Crippen molar-refractivity contribution in [2.45, 2.75) is 12.3 Å². The Bertz CT molecular complexity index is 597. The van der Waals surface area contributed by atoms with Gasteiger partial charge in [0.1, 0.15) is 11.5 Å². The van der Waals surface area contributed by atoms with Crippen LogP contribution >= 0.6 is 0 Å². The Morgan fingerprint density at radius 1 is 1.00 bits per heavy atom. The summed E-state index contributed by atoms with van der Waals surface area (Å²) in [5, 5.41) is 0. The average Bonchev–Trinajstić information content (AvgIpc) is 2.61. The first kappa shape index (κ1) is 15.9. The van der Waals surface area contributed by atoms with Crippen LogP contribution in [0.2, 0.25) is 0 Å². The highest BCUT2D eigenvalue weighted by molar-refractivity contribution is 5.30. The first-order chi connectivity index (χ1) is 11.3. The lowest BCUT2D eigenvalue weighted by molar-refractivity contribution is 0.129. The molecule has 0 spiro atoms. The van der Waals surface area contributed by atoms with Gasteiger partial charge >= 0.3 is 0 Å². The summed E-state index contributed by atoms with van der Waals surface area (Å²) in [6.45, 7) is 2.97. The lowest BCUT2D eigenvalue weighted by Gasteiger charge is -2.37. The molecule has 1 aliphatic rings. The Morgan fingerprint density at radius 3 is 2.43 bits per heavy atom. The number of piperidine rings is 1. The van der Waals surface area contributed by atoms with Gasteiger partial charge in [-0.3, -0.25) is 0 Å². The topological polar surface area (TPSA) is 21.7 Å². The van der Waals surface area contributed by atoms with Gasteiger partial charge in [0.05, 0.1) is 13.7 Å². The minimum absolute atomic E-state index is 0.502. The molecule has 122 valence electrons. The van der Waals surface area contributed by atoms with Gasteiger partial charge in [0, 0.05) is 12.5 Å². The zero-order chi connectivity index (χ0) is 16.1. The van der Waals surface area contributed by atoms with Crippen LogP contribution in [0.3, 0.4) is 0 Å². The number of methoxy groups -OCH3 is 1. The predicted molar refractivity (Wildman–Crippen MR) is 93.3 cm³/mol. The van der Waals surface area contributed by atoms with Crippen molar-refractivity contribution < 1.29 is 9.47 Å². The van der Waals surface area contributed by atoms with E-state index >= 15 is 0 Å². The first-order valence-corrected chi connectivity index (χ1v) is 8.26. The number of benzene rings is 2. The summed E-state index contributed by atoms with van der Waals surface area (Å²) in [4.78, 5) is 2.40. The molecule has 0 radical (unpaired) electrons. The molecular formula is C20H25NO2. The zero-order valence-corrected chi connectivity index (χ0v) is 13.9. The van der Waals surface area contributed by atoms with Gasteiger partial charge in [0.2, 0.25) is 0 Å². The van der Waals surface area contributed by atoms with Gasteiger partial charge in [-0.1, -0.05) is 30.3 Å². The van der Waals surface area contributed by atoms with E-state index < -0.39 is 0 Å². The van der Waals surface area contributed by atoms with Gasteiger partial charge in [-0.2, -0.15) is 0 Å². The van der Waals surface area contributed by atoms with Crippen molar-refractivity contribution in [2.24, 2.45) is 5.92 Å². The normalized spacial score (nSPS) is 21.8. The molecule has 3 nitrogen and oxygen atoms in total. The third-order valence-electron chi connectivity index (χ3n) is 4.69. The fourth-order valence-electron chi connectivity index (χ4n) is 3.39. The number of ether oxygens (including phenoxy) is 2. The van der Waals surface area contributed by atoms with Crippen LogP contribution in [-0.4, -0.2) is 38.8 Å². The summed E-state index contributed by atoms with van der Waals surface area (Å²) in [5.41, 5.74) is 1.39. The largest absolute Gasteiger partial charge is 0.497 e. The Kier molecular flexibility index (Phi) is 5.19. The SMILES string of the molecule is COc1ccc([C@@H]2CCN(C)C[C@@H]2COc2ccccc2)cc1. The highest BCUT2D eigenvalue weighted by atomic mass is 16.5. The molecule has 3 heteroatoms. The Hall–Kier alpha value is -2.00. The number of rotatable bonds is 5. The van der Waals surface area contributed by atoms with Crippen molar-refractivity contribution in [1.29, 1.82) is 0 Å². The van der Waals surface area contributed by atoms with Crippen LogP contribution in [0.4, 0.5) is 0 Å². The fraction of sp³-hybridized carbons (Fsp3) is 0.400. The standard InChI is InChI=1S/C20H25NO2/c1-21-13-12-20(16-8-10-18(22-2)11-9-16)17(14-21)15-23-19-6-4-3-5-7-19/h3-11,17,20H,12-15H2,1-2H3/t17-,20+/m1/s1. The van der Waals surface area contributed by atoms with Crippen LogP contribution in [0, 0.1) is 5.92 Å². The smallest absolute Gasteiger partial charge is 0.119 e. The van der Waals surface area contributed by atoms with Crippen molar-refractivity contribution in [3.05, 3.63) is 60.2 Å². The fourth-order valence-corrected chi connectivity index (χ4v) is 3.39. The van der Waals surface area contributed by atoms with Crippen LogP contribution in [-0.2, 0) is 0 Å². The van der Waals surface area contributed by atoms with Gasteiger partial charge in [-0.05, 0) is 55.8 Å². The maximum Gasteiger partial charge on any atom is 0.119 e. The van der Waals surface area contributed by atoms with Gasteiger partial charge in [0.15, 0.2) is 0 Å². The van der Waals surface area contributed by atoms with E-state index in [2.05, 4.69) is 36.2 Å². The van der Waals surface area contributed by atoms with E-state index in [9.17, 15) is 0 Å². The molecule has 2 aromatic rings. The monoisotopic (exact) mass is 311 g/mol. The molecule has 0 amide bonds. The molecular weight excluding hydrogens is 286 g/mol. The summed E-state index contributed by atoms with van der Waals surface area (Å²) >= 11 is 0. The third kappa shape index (κ3) is 4.05. The maximum absolute atomic E-state index is 6.04. The van der Waals surface area contributed by atoms with Crippen LogP contribution in [0.5, 0.6) is 11.5 Å². The molecule has 3 rings (SSSR count). The number of likely N-dealkylation sites (tertiary alicyclic amines) is 1. The van der Waals surface area contributed by atoms with E-state index in [1.54, 1.807) is 7.11 Å². The van der Waals surface area contributed by atoms with E-state index in [0.29, 0.717) is 11.8 Å². The van der Waals surface area contributed by atoms with Crippen LogP contribution in [0.15, 0.2) is 54.6 Å². The number of hydrogen-bond donors (Lipinski definition) is 0. The van der Waals surface area contributed by atoms with Crippen molar-refractivity contribution in [3.8, 4) is 11.5 Å². The molecule has 0 unspecified atom stereocenters. The van der Waals surface area contributed by atoms with Gasteiger partial charge in [-0.15, -0.1) is 0 Å². The maximum atomic E-state index is 6.04. The van der Waals surface area contributed by atoms with Crippen molar-refractivity contribution in [2.75, 3.05) is 33.9 Å². The van der Waals surface area contributed by atoms with Crippen LogP contribution in [0.25, 0.3) is 0 Å². The van der Waals surface area contributed by atoms with Crippen molar-refractivity contribution in [3.63, 3.8) is 0 Å². The van der Waals surface area contributed by atoms with Gasteiger partial charge in [0.25, 0.3) is 0 Å². The molecule has 0 bridgehead atoms. The summed E-state index contributed by atoms with van der Waals surface area (Å²) in [5.74, 6) is 2.91. The van der Waals surface area contributed by atoms with E-state index in [1.807, 2.05) is 30.3 Å². The predicted octanol–water partition coefficient (Wildman–Crippen LogP) is 3.81. The molecule has 0 N–H and O–H groups in total. The number of hydrogen-bond acceptors (Lipinski definition) is 3. The molecule has 0 saturated carbocycles. The quantitative estimate of drug-likeness (QED) is 0.838. The van der Waals surface area contributed by atoms with Crippen LogP contribution in [0.1, 0.15) is 17.9 Å². The zero-order valence-electron chi connectivity index (χ0n) is 13.9. The summed E-state index contributed by atoms with van der Waals surface area (Å²) in [6.07, 6.45) is 1.17. The molecule has 1 aliphatic heterocycles. The Labute approximate surface area is 138 Å². The molecule has 0 aliphatic carbocycles. The van der Waals surface area contributed by atoms with Gasteiger partial charge < -0.3 is 14.4 Å². The van der Waals surface area contributed by atoms with Crippen molar-refractivity contribution >= 4 is 0 Å². The molecule has 0 aromatic heterocycles. The van der Waals surface area contributed by atoms with Gasteiger partial charge in [-0.25, -0.2) is 0 Å². The summed E-state index contributed by atoms with van der Waals surface area (Å²) in [7, 11) is 3.90. The first-order valence-electron chi connectivity index (χ1n) is 8.26. The summed E-state index contributed by atoms with van der Waals surface area (Å²) < 4.78 is 11.3. The second kappa shape index (κ2) is 7.51. The molecule has 1 heterocycles. The van der Waals surface area contributed by atoms with E-state index in [0.717, 1.165) is 31.2 Å². The molecule has 2 atom stereocenters. The molecule has 23 heavy (non-hydrogen) atoms. The molecule has 1 saturated heterocycles. The van der Waals surface area contributed by atoms with E-state index in [1.165, 1.54) is 12.0 Å². The number of para-hydroxylation sites is 1. The van der Waals surface area contributed by atoms with E-state index in [4.69, 9.17) is 9.47 Å². The minimum atomic E-state index is 0.502. The highest BCUT2D eigenvalue weighted by Crippen LogP contribution is 2.34. The Balaban J connectivity index is 1.70. The molecule has 2 aromatic carbocycles. The second-order valence-electron chi connectivity index (χ2n) is 6.31.